The zero-order chi connectivity index (χ0) is 10.5. The molecule has 0 radical (unpaired) electrons. The summed E-state index contributed by atoms with van der Waals surface area (Å²) in [5.74, 6) is 0.526. The Balaban J connectivity index is 2.04. The van der Waals surface area contributed by atoms with E-state index in [9.17, 15) is 0 Å². The van der Waals surface area contributed by atoms with Gasteiger partial charge >= 0.3 is 0 Å². The van der Waals surface area contributed by atoms with Crippen LogP contribution in [0.5, 0.6) is 0 Å². The average molecular weight is 211 g/mol. The van der Waals surface area contributed by atoms with E-state index in [1.165, 1.54) is 22.2 Å². The SMILES string of the molecule is c1ccc2c3nc(cc2c1)CC1NNCC31. The van der Waals surface area contributed by atoms with Crippen molar-refractivity contribution in [1.82, 2.24) is 15.8 Å². The zero-order valence-electron chi connectivity index (χ0n) is 8.90. The van der Waals surface area contributed by atoms with Crippen LogP contribution >= 0.6 is 0 Å². The summed E-state index contributed by atoms with van der Waals surface area (Å²) in [5.41, 5.74) is 9.08. The molecule has 80 valence electrons. The van der Waals surface area contributed by atoms with Crippen molar-refractivity contribution in [1.29, 1.82) is 0 Å². The number of nitrogens with one attached hydrogen (secondary N) is 2. The maximum Gasteiger partial charge on any atom is 0.0545 e. The van der Waals surface area contributed by atoms with Crippen LogP contribution in [0.25, 0.3) is 10.8 Å². The Labute approximate surface area is 93.9 Å². The van der Waals surface area contributed by atoms with Gasteiger partial charge in [0, 0.05) is 36.0 Å². The third-order valence-electron chi connectivity index (χ3n) is 3.70. The standard InChI is InChI=1S/C13H13N3/c1-2-4-10-8(3-1)5-9-6-12-11(7-14-16-12)13(10)15-9/h1-5,11-12,14,16H,6-7H2. The fourth-order valence-electron chi connectivity index (χ4n) is 2.92. The summed E-state index contributed by atoms with van der Waals surface area (Å²) in [6, 6.07) is 11.3. The first-order valence-electron chi connectivity index (χ1n) is 5.79. The molecule has 1 saturated heterocycles. The second kappa shape index (κ2) is 3.03. The Hall–Kier alpha value is -1.45. The molecule has 2 unspecified atom stereocenters. The van der Waals surface area contributed by atoms with E-state index in [1.54, 1.807) is 0 Å². The Morgan fingerprint density at radius 2 is 2.19 bits per heavy atom. The molecule has 0 saturated carbocycles. The minimum atomic E-state index is 0.520. The molecule has 2 aliphatic rings. The third-order valence-corrected chi connectivity index (χ3v) is 3.70. The topological polar surface area (TPSA) is 37.0 Å². The molecule has 16 heavy (non-hydrogen) atoms. The first-order valence-corrected chi connectivity index (χ1v) is 5.79. The van der Waals surface area contributed by atoms with E-state index in [0.29, 0.717) is 12.0 Å². The third kappa shape index (κ3) is 1.07. The van der Waals surface area contributed by atoms with Crippen molar-refractivity contribution in [3.8, 4) is 0 Å². The predicted octanol–water partition coefficient (Wildman–Crippen LogP) is 1.35. The molecular weight excluding hydrogens is 198 g/mol. The maximum absolute atomic E-state index is 4.77. The van der Waals surface area contributed by atoms with Gasteiger partial charge in [-0.2, -0.15) is 0 Å². The molecule has 0 aliphatic carbocycles. The summed E-state index contributed by atoms with van der Waals surface area (Å²) in [5, 5.41) is 2.64. The van der Waals surface area contributed by atoms with Crippen LogP contribution in [0.4, 0.5) is 0 Å². The van der Waals surface area contributed by atoms with Gasteiger partial charge in [-0.05, 0) is 11.5 Å². The highest BCUT2D eigenvalue weighted by Crippen LogP contribution is 2.33. The largest absolute Gasteiger partial charge is 0.257 e. The van der Waals surface area contributed by atoms with E-state index in [4.69, 9.17) is 4.98 Å². The van der Waals surface area contributed by atoms with E-state index in [0.717, 1.165) is 13.0 Å². The fourth-order valence-corrected chi connectivity index (χ4v) is 2.92. The minimum Gasteiger partial charge on any atom is -0.257 e. The summed E-state index contributed by atoms with van der Waals surface area (Å²) in [6.45, 7) is 0.991. The highest BCUT2D eigenvalue weighted by atomic mass is 15.4. The number of hydrogen-bond donors (Lipinski definition) is 2. The molecular formula is C13H13N3. The van der Waals surface area contributed by atoms with Gasteiger partial charge in [0.05, 0.1) is 5.69 Å². The van der Waals surface area contributed by atoms with Crippen molar-refractivity contribution in [3.05, 3.63) is 41.7 Å². The highest BCUT2D eigenvalue weighted by Gasteiger charge is 2.34. The number of hydrazine groups is 1. The van der Waals surface area contributed by atoms with Gasteiger partial charge in [0.1, 0.15) is 0 Å². The van der Waals surface area contributed by atoms with Crippen LogP contribution in [0.3, 0.4) is 0 Å². The van der Waals surface area contributed by atoms with Crippen molar-refractivity contribution in [2.75, 3.05) is 6.54 Å². The first kappa shape index (κ1) is 8.67. The molecule has 0 amide bonds. The van der Waals surface area contributed by atoms with Crippen LogP contribution in [-0.2, 0) is 6.42 Å². The van der Waals surface area contributed by atoms with Crippen LogP contribution in [0.1, 0.15) is 17.3 Å². The summed E-state index contributed by atoms with van der Waals surface area (Å²) in [7, 11) is 0. The number of hydrogen-bond acceptors (Lipinski definition) is 3. The lowest BCUT2D eigenvalue weighted by Crippen LogP contribution is -2.35. The van der Waals surface area contributed by atoms with Gasteiger partial charge in [0.25, 0.3) is 0 Å². The molecule has 3 nitrogen and oxygen atoms in total. The van der Waals surface area contributed by atoms with E-state index >= 15 is 0 Å². The number of nitrogens with zero attached hydrogens (tertiary/aromatic N) is 1. The van der Waals surface area contributed by atoms with Crippen LogP contribution in [-0.4, -0.2) is 17.6 Å². The van der Waals surface area contributed by atoms with Crippen LogP contribution < -0.4 is 10.9 Å². The lowest BCUT2D eigenvalue weighted by molar-refractivity contribution is 0.497. The van der Waals surface area contributed by atoms with Crippen molar-refractivity contribution in [3.63, 3.8) is 0 Å². The molecule has 2 aromatic rings. The monoisotopic (exact) mass is 211 g/mol. The predicted molar refractivity (Wildman–Crippen MR) is 63.1 cm³/mol. The highest BCUT2D eigenvalue weighted by molar-refractivity contribution is 5.85. The smallest absolute Gasteiger partial charge is 0.0545 e. The molecule has 2 atom stereocenters. The van der Waals surface area contributed by atoms with Gasteiger partial charge in [-0.15, -0.1) is 0 Å². The lowest BCUT2D eigenvalue weighted by atomic mass is 9.87. The Bertz CT molecular complexity index is 564. The molecule has 2 N–H and O–H groups in total. The quantitative estimate of drug-likeness (QED) is 0.690. The van der Waals surface area contributed by atoms with Crippen LogP contribution in [0.15, 0.2) is 30.3 Å². The van der Waals surface area contributed by atoms with E-state index < -0.39 is 0 Å². The minimum absolute atomic E-state index is 0.520. The Kier molecular flexibility index (Phi) is 1.64. The number of pyridine rings is 1. The molecule has 0 spiro atoms. The second-order valence-electron chi connectivity index (χ2n) is 4.66. The van der Waals surface area contributed by atoms with Gasteiger partial charge < -0.3 is 0 Å². The zero-order valence-corrected chi connectivity index (χ0v) is 8.90. The Morgan fingerprint density at radius 1 is 1.25 bits per heavy atom. The van der Waals surface area contributed by atoms with Crippen molar-refractivity contribution >= 4 is 10.8 Å². The lowest BCUT2D eigenvalue weighted by Gasteiger charge is -2.25. The van der Waals surface area contributed by atoms with Gasteiger partial charge in [-0.25, -0.2) is 0 Å². The second-order valence-corrected chi connectivity index (χ2v) is 4.66. The number of benzene rings is 1. The van der Waals surface area contributed by atoms with E-state index in [-0.39, 0.29) is 0 Å². The molecule has 1 fully saturated rings. The molecule has 1 aromatic heterocycles. The number of fused-ring (bicyclic) bond motifs is 6. The summed E-state index contributed by atoms with van der Waals surface area (Å²) in [4.78, 5) is 4.77. The van der Waals surface area contributed by atoms with E-state index in [2.05, 4.69) is 41.2 Å². The van der Waals surface area contributed by atoms with Crippen molar-refractivity contribution in [2.45, 2.75) is 18.4 Å². The van der Waals surface area contributed by atoms with Gasteiger partial charge in [-0.1, -0.05) is 24.3 Å². The Morgan fingerprint density at radius 3 is 3.19 bits per heavy atom. The summed E-state index contributed by atoms with van der Waals surface area (Å²) < 4.78 is 0. The molecule has 1 aromatic carbocycles. The first-order chi connectivity index (χ1) is 7.92. The fraction of sp³-hybridized carbons (Fsp3) is 0.308. The molecule has 4 rings (SSSR count). The summed E-state index contributed by atoms with van der Waals surface area (Å²) in [6.07, 6.45) is 1.04. The van der Waals surface area contributed by atoms with Crippen molar-refractivity contribution < 1.29 is 0 Å². The van der Waals surface area contributed by atoms with Crippen molar-refractivity contribution in [2.24, 2.45) is 0 Å². The van der Waals surface area contributed by atoms with Crippen LogP contribution in [0.2, 0.25) is 0 Å². The molecule has 2 bridgehead atoms. The van der Waals surface area contributed by atoms with Gasteiger partial charge in [0.2, 0.25) is 0 Å². The van der Waals surface area contributed by atoms with Gasteiger partial charge in [0.15, 0.2) is 0 Å². The number of aromatic nitrogens is 1. The van der Waals surface area contributed by atoms with E-state index in [1.807, 2.05) is 0 Å². The summed E-state index contributed by atoms with van der Waals surface area (Å²) >= 11 is 0. The molecule has 3 heteroatoms. The van der Waals surface area contributed by atoms with Crippen LogP contribution in [0, 0.1) is 0 Å². The average Bonchev–Trinajstić information content (AvgIpc) is 2.77. The maximum atomic E-state index is 4.77. The van der Waals surface area contributed by atoms with Gasteiger partial charge in [-0.3, -0.25) is 15.8 Å². The number of rotatable bonds is 0. The normalized spacial score (nSPS) is 27.0. The molecule has 3 heterocycles. The molecule has 2 aliphatic heterocycles.